The topological polar surface area (TPSA) is 13.1 Å². The van der Waals surface area contributed by atoms with Crippen LogP contribution in [-0.2, 0) is 0 Å². The monoisotopic (exact) mass is 300 g/mol. The third-order valence-corrected chi connectivity index (χ3v) is 5.36. The molecule has 5 rings (SSSR count). The first-order valence-corrected chi connectivity index (χ1v) is 8.05. The van der Waals surface area contributed by atoms with Gasteiger partial charge in [-0.05, 0) is 35.9 Å². The molecule has 0 fully saturated rings. The van der Waals surface area contributed by atoms with Gasteiger partial charge in [0, 0.05) is 30.9 Å². The van der Waals surface area contributed by atoms with Crippen molar-refractivity contribution in [2.75, 3.05) is 0 Å². The van der Waals surface area contributed by atoms with Gasteiger partial charge in [-0.3, -0.25) is 0 Å². The standard InChI is InChI=1S/C20H12OS/c1-2-12-7-8-19-15(9-12)16-10-14-13-5-3-4-6-17(13)21-18(14)11-20(16)22-19/h2-11H,1H2. The molecule has 0 radical (unpaired) electrons. The van der Waals surface area contributed by atoms with Crippen molar-refractivity contribution >= 4 is 59.5 Å². The van der Waals surface area contributed by atoms with Gasteiger partial charge in [0.1, 0.15) is 11.2 Å². The van der Waals surface area contributed by atoms with Gasteiger partial charge in [-0.2, -0.15) is 0 Å². The summed E-state index contributed by atoms with van der Waals surface area (Å²) >= 11 is 1.81. The predicted molar refractivity (Wildman–Crippen MR) is 96.7 cm³/mol. The summed E-state index contributed by atoms with van der Waals surface area (Å²) in [7, 11) is 0. The molecule has 0 unspecified atom stereocenters. The second-order valence-corrected chi connectivity index (χ2v) is 6.59. The van der Waals surface area contributed by atoms with Gasteiger partial charge in [-0.15, -0.1) is 11.3 Å². The van der Waals surface area contributed by atoms with Crippen LogP contribution in [0.3, 0.4) is 0 Å². The highest BCUT2D eigenvalue weighted by Crippen LogP contribution is 2.39. The van der Waals surface area contributed by atoms with Crippen molar-refractivity contribution in [3.05, 3.63) is 66.7 Å². The van der Waals surface area contributed by atoms with Crippen LogP contribution in [0.4, 0.5) is 0 Å². The lowest BCUT2D eigenvalue weighted by Crippen LogP contribution is -1.71. The lowest BCUT2D eigenvalue weighted by molar-refractivity contribution is 0.669. The zero-order valence-corrected chi connectivity index (χ0v) is 12.6. The molecule has 0 N–H and O–H groups in total. The lowest BCUT2D eigenvalue weighted by atomic mass is 10.1. The SMILES string of the molecule is C=Cc1ccc2sc3cc4oc5ccccc5c4cc3c2c1. The summed E-state index contributed by atoms with van der Waals surface area (Å²) in [6.07, 6.45) is 1.90. The first kappa shape index (κ1) is 12.0. The van der Waals surface area contributed by atoms with Crippen LogP contribution >= 0.6 is 11.3 Å². The van der Waals surface area contributed by atoms with Gasteiger partial charge in [0.2, 0.25) is 0 Å². The minimum absolute atomic E-state index is 0.950. The van der Waals surface area contributed by atoms with E-state index in [9.17, 15) is 0 Å². The molecule has 0 bridgehead atoms. The van der Waals surface area contributed by atoms with E-state index in [-0.39, 0.29) is 0 Å². The van der Waals surface area contributed by atoms with Crippen molar-refractivity contribution < 1.29 is 4.42 Å². The van der Waals surface area contributed by atoms with Crippen LogP contribution in [0.1, 0.15) is 5.56 Å². The van der Waals surface area contributed by atoms with Gasteiger partial charge in [-0.1, -0.05) is 36.9 Å². The fraction of sp³-hybridized carbons (Fsp3) is 0. The molecule has 0 aliphatic rings. The van der Waals surface area contributed by atoms with E-state index in [1.807, 2.05) is 29.5 Å². The fourth-order valence-electron chi connectivity index (χ4n) is 3.14. The molecular formula is C20H12OS. The Labute approximate surface area is 131 Å². The van der Waals surface area contributed by atoms with E-state index in [1.165, 1.54) is 30.9 Å². The maximum atomic E-state index is 5.99. The second kappa shape index (κ2) is 4.21. The fourth-order valence-corrected chi connectivity index (χ4v) is 4.24. The zero-order chi connectivity index (χ0) is 14.7. The van der Waals surface area contributed by atoms with E-state index in [2.05, 4.69) is 49.0 Å². The molecular weight excluding hydrogens is 288 g/mol. The average Bonchev–Trinajstić information content (AvgIpc) is 3.09. The van der Waals surface area contributed by atoms with Gasteiger partial charge in [-0.25, -0.2) is 0 Å². The lowest BCUT2D eigenvalue weighted by Gasteiger charge is -1.95. The average molecular weight is 300 g/mol. The molecule has 1 nitrogen and oxygen atoms in total. The van der Waals surface area contributed by atoms with E-state index in [0.717, 1.165) is 16.7 Å². The summed E-state index contributed by atoms with van der Waals surface area (Å²) in [6, 6.07) is 19.2. The molecule has 0 atom stereocenters. The summed E-state index contributed by atoms with van der Waals surface area (Å²) in [6.45, 7) is 3.87. The third kappa shape index (κ3) is 1.53. The van der Waals surface area contributed by atoms with Crippen LogP contribution in [0.15, 0.2) is 65.6 Å². The molecule has 2 heteroatoms. The van der Waals surface area contributed by atoms with Crippen molar-refractivity contribution in [3.63, 3.8) is 0 Å². The maximum absolute atomic E-state index is 5.99. The minimum atomic E-state index is 0.950. The van der Waals surface area contributed by atoms with E-state index in [1.54, 1.807) is 0 Å². The number of hydrogen-bond acceptors (Lipinski definition) is 2. The quantitative estimate of drug-likeness (QED) is 0.340. The molecule has 0 spiro atoms. The number of furan rings is 1. The third-order valence-electron chi connectivity index (χ3n) is 4.23. The van der Waals surface area contributed by atoms with E-state index >= 15 is 0 Å². The highest BCUT2D eigenvalue weighted by Gasteiger charge is 2.11. The smallest absolute Gasteiger partial charge is 0.136 e. The van der Waals surface area contributed by atoms with Gasteiger partial charge in [0.15, 0.2) is 0 Å². The molecule has 0 saturated heterocycles. The Morgan fingerprint density at radius 3 is 2.55 bits per heavy atom. The number of rotatable bonds is 1. The van der Waals surface area contributed by atoms with Gasteiger partial charge in [0.25, 0.3) is 0 Å². The van der Waals surface area contributed by atoms with Crippen LogP contribution in [0, 0.1) is 0 Å². The molecule has 2 aromatic heterocycles. The molecule has 104 valence electrons. The normalized spacial score (nSPS) is 11.8. The highest BCUT2D eigenvalue weighted by atomic mass is 32.1. The van der Waals surface area contributed by atoms with Crippen LogP contribution in [0.2, 0.25) is 0 Å². The van der Waals surface area contributed by atoms with Crippen LogP contribution in [0.5, 0.6) is 0 Å². The van der Waals surface area contributed by atoms with Crippen molar-refractivity contribution in [1.82, 2.24) is 0 Å². The number of para-hydroxylation sites is 1. The maximum Gasteiger partial charge on any atom is 0.136 e. The zero-order valence-electron chi connectivity index (χ0n) is 11.8. The Morgan fingerprint density at radius 1 is 0.773 bits per heavy atom. The van der Waals surface area contributed by atoms with Gasteiger partial charge in [0.05, 0.1) is 0 Å². The summed E-state index contributed by atoms with van der Waals surface area (Å²) in [5.74, 6) is 0. The molecule has 5 aromatic rings. The number of benzene rings is 3. The first-order valence-electron chi connectivity index (χ1n) is 7.23. The summed E-state index contributed by atoms with van der Waals surface area (Å²) in [5, 5.41) is 4.96. The number of thiophene rings is 1. The minimum Gasteiger partial charge on any atom is -0.456 e. The van der Waals surface area contributed by atoms with E-state index in [0.29, 0.717) is 0 Å². The summed E-state index contributed by atoms with van der Waals surface area (Å²) < 4.78 is 8.56. The molecule has 0 saturated carbocycles. The highest BCUT2D eigenvalue weighted by molar-refractivity contribution is 7.25. The van der Waals surface area contributed by atoms with Crippen molar-refractivity contribution in [2.45, 2.75) is 0 Å². The Morgan fingerprint density at radius 2 is 1.64 bits per heavy atom. The van der Waals surface area contributed by atoms with Crippen molar-refractivity contribution in [1.29, 1.82) is 0 Å². The molecule has 0 amide bonds. The van der Waals surface area contributed by atoms with Crippen LogP contribution < -0.4 is 0 Å². The van der Waals surface area contributed by atoms with Crippen LogP contribution in [0.25, 0.3) is 48.2 Å². The van der Waals surface area contributed by atoms with E-state index in [4.69, 9.17) is 4.42 Å². The Hall–Kier alpha value is -2.58. The first-order chi connectivity index (χ1) is 10.8. The summed E-state index contributed by atoms with van der Waals surface area (Å²) in [5.41, 5.74) is 3.07. The Balaban J connectivity index is 1.99. The Bertz CT molecular complexity index is 1190. The molecule has 0 aliphatic heterocycles. The largest absolute Gasteiger partial charge is 0.456 e. The summed E-state index contributed by atoms with van der Waals surface area (Å²) in [4.78, 5) is 0. The number of fused-ring (bicyclic) bond motifs is 6. The van der Waals surface area contributed by atoms with Crippen molar-refractivity contribution in [2.24, 2.45) is 0 Å². The molecule has 22 heavy (non-hydrogen) atoms. The van der Waals surface area contributed by atoms with Gasteiger partial charge < -0.3 is 4.42 Å². The molecule has 3 aromatic carbocycles. The van der Waals surface area contributed by atoms with E-state index < -0.39 is 0 Å². The van der Waals surface area contributed by atoms with Crippen LogP contribution in [-0.4, -0.2) is 0 Å². The second-order valence-electron chi connectivity index (χ2n) is 5.50. The number of hydrogen-bond donors (Lipinski definition) is 0. The predicted octanol–water partition coefficient (Wildman–Crippen LogP) is 6.60. The molecule has 2 heterocycles. The van der Waals surface area contributed by atoms with Crippen molar-refractivity contribution in [3.8, 4) is 0 Å². The molecule has 0 aliphatic carbocycles. The van der Waals surface area contributed by atoms with Gasteiger partial charge >= 0.3 is 0 Å². The Kier molecular flexibility index (Phi) is 2.30.